The van der Waals surface area contributed by atoms with Crippen molar-refractivity contribution in [3.8, 4) is 5.75 Å². The highest BCUT2D eigenvalue weighted by Crippen LogP contribution is 2.26. The largest absolute Gasteiger partial charge is 0.506 e. The van der Waals surface area contributed by atoms with E-state index in [-0.39, 0.29) is 11.4 Å². The van der Waals surface area contributed by atoms with Gasteiger partial charge in [0.1, 0.15) is 5.75 Å². The normalized spacial score (nSPS) is 11.9. The Balaban J connectivity index is 1.79. The highest BCUT2D eigenvalue weighted by atomic mass is 16.5. The van der Waals surface area contributed by atoms with Crippen LogP contribution in [0.4, 0.5) is 5.69 Å². The molecule has 1 amide bonds. The van der Waals surface area contributed by atoms with Crippen LogP contribution in [0.1, 0.15) is 22.8 Å². The summed E-state index contributed by atoms with van der Waals surface area (Å²) in [7, 11) is 1.68. The van der Waals surface area contributed by atoms with Gasteiger partial charge in [-0.3, -0.25) is 4.79 Å². The molecule has 0 aliphatic carbocycles. The molecular weight excluding hydrogens is 320 g/mol. The van der Waals surface area contributed by atoms with Crippen molar-refractivity contribution in [2.45, 2.75) is 19.1 Å². The van der Waals surface area contributed by atoms with Gasteiger partial charge >= 0.3 is 0 Å². The summed E-state index contributed by atoms with van der Waals surface area (Å²) in [5, 5.41) is 25.5. The summed E-state index contributed by atoms with van der Waals surface area (Å²) in [6, 6.07) is 12.9. The second-order valence-corrected chi connectivity index (χ2v) is 5.76. The molecule has 0 spiro atoms. The molecule has 2 aromatic carbocycles. The Bertz CT molecular complexity index is 674. The number of carbonyl (C=O) groups is 1. The Morgan fingerprint density at radius 1 is 1.16 bits per heavy atom. The number of phenols is 1. The van der Waals surface area contributed by atoms with E-state index in [2.05, 4.69) is 22.8 Å². The molecule has 6 nitrogen and oxygen atoms in total. The molecule has 0 aromatic heterocycles. The molecule has 1 unspecified atom stereocenters. The second-order valence-electron chi connectivity index (χ2n) is 5.76. The minimum absolute atomic E-state index is 0.0343. The molecule has 0 aliphatic rings. The summed E-state index contributed by atoms with van der Waals surface area (Å²) in [5.74, 6) is -0.0343. The third kappa shape index (κ3) is 5.86. The Kier molecular flexibility index (Phi) is 7.40. The number of rotatable bonds is 10. The summed E-state index contributed by atoms with van der Waals surface area (Å²) in [6.45, 7) is 1.73. The van der Waals surface area contributed by atoms with E-state index in [1.165, 1.54) is 11.6 Å². The molecule has 2 rings (SSSR count). The van der Waals surface area contributed by atoms with Crippen LogP contribution in [0.15, 0.2) is 42.5 Å². The number of hydrogen-bond acceptors (Lipinski definition) is 5. The molecule has 0 bridgehead atoms. The quantitative estimate of drug-likeness (QED) is 0.301. The zero-order valence-electron chi connectivity index (χ0n) is 14.2. The van der Waals surface area contributed by atoms with Crippen LogP contribution in [-0.2, 0) is 22.6 Å². The minimum atomic E-state index is -0.725. The lowest BCUT2D eigenvalue weighted by molar-refractivity contribution is -0.105. The van der Waals surface area contributed by atoms with Crippen LogP contribution in [0, 0.1) is 0 Å². The Labute approximate surface area is 147 Å². The van der Waals surface area contributed by atoms with Gasteiger partial charge in [-0.25, -0.2) is 0 Å². The van der Waals surface area contributed by atoms with Gasteiger partial charge < -0.3 is 25.6 Å². The fourth-order valence-corrected chi connectivity index (χ4v) is 2.50. The van der Waals surface area contributed by atoms with Crippen molar-refractivity contribution in [3.05, 3.63) is 59.2 Å². The van der Waals surface area contributed by atoms with Gasteiger partial charge in [-0.2, -0.15) is 0 Å². The average molecular weight is 344 g/mol. The van der Waals surface area contributed by atoms with E-state index in [9.17, 15) is 15.0 Å². The Morgan fingerprint density at radius 3 is 2.56 bits per heavy atom. The Hall–Kier alpha value is -2.41. The van der Waals surface area contributed by atoms with Gasteiger partial charge in [0, 0.05) is 13.7 Å². The van der Waals surface area contributed by atoms with Crippen LogP contribution in [0.2, 0.25) is 0 Å². The number of aromatic hydroxyl groups is 1. The fraction of sp³-hybridized carbons (Fsp3) is 0.316. The first kappa shape index (κ1) is 18.9. The highest BCUT2D eigenvalue weighted by Gasteiger charge is 2.10. The van der Waals surface area contributed by atoms with Gasteiger partial charge in [-0.1, -0.05) is 30.3 Å². The molecule has 0 fully saturated rings. The second kappa shape index (κ2) is 9.78. The molecule has 0 aliphatic heterocycles. The molecule has 0 heterocycles. The van der Waals surface area contributed by atoms with Crippen molar-refractivity contribution in [1.29, 1.82) is 0 Å². The van der Waals surface area contributed by atoms with Crippen molar-refractivity contribution in [2.75, 3.05) is 25.5 Å². The lowest BCUT2D eigenvalue weighted by Gasteiger charge is -2.14. The number of benzene rings is 2. The van der Waals surface area contributed by atoms with E-state index in [0.717, 1.165) is 18.5 Å². The van der Waals surface area contributed by atoms with Crippen LogP contribution >= 0.6 is 0 Å². The predicted octanol–water partition coefficient (Wildman–Crippen LogP) is 1.97. The highest BCUT2D eigenvalue weighted by molar-refractivity contribution is 5.75. The lowest BCUT2D eigenvalue weighted by atomic mass is 10.1. The van der Waals surface area contributed by atoms with Crippen molar-refractivity contribution in [3.63, 3.8) is 0 Å². The number of ether oxygens (including phenoxy) is 1. The van der Waals surface area contributed by atoms with Gasteiger partial charge in [-0.05, 0) is 41.8 Å². The number of amides is 1. The number of aliphatic hydroxyl groups is 1. The lowest BCUT2D eigenvalue weighted by Crippen LogP contribution is -2.23. The zero-order valence-corrected chi connectivity index (χ0v) is 14.2. The summed E-state index contributed by atoms with van der Waals surface area (Å²) in [4.78, 5) is 10.5. The average Bonchev–Trinajstić information content (AvgIpc) is 2.62. The first-order chi connectivity index (χ1) is 12.1. The minimum Gasteiger partial charge on any atom is -0.506 e. The number of phenolic OH excluding ortho intramolecular Hbond substituents is 1. The standard InChI is InChI=1S/C19H24N2O4/c1-25-12-15-4-2-14(3-5-15)8-9-20-11-19(24)16-6-7-18(23)17(10-16)21-13-22/h2-7,10,13,19-20,23-24H,8-9,11-12H2,1H3,(H,21,22). The third-order valence-corrected chi connectivity index (χ3v) is 3.88. The molecular formula is C19H24N2O4. The third-order valence-electron chi connectivity index (χ3n) is 3.88. The van der Waals surface area contributed by atoms with Crippen molar-refractivity contribution in [2.24, 2.45) is 0 Å². The van der Waals surface area contributed by atoms with Crippen molar-refractivity contribution < 1.29 is 19.7 Å². The van der Waals surface area contributed by atoms with Gasteiger partial charge in [0.15, 0.2) is 0 Å². The summed E-state index contributed by atoms with van der Waals surface area (Å²) in [5.41, 5.74) is 3.26. The van der Waals surface area contributed by atoms with E-state index in [1.807, 2.05) is 12.1 Å². The monoisotopic (exact) mass is 344 g/mol. The molecule has 0 radical (unpaired) electrons. The molecule has 6 heteroatoms. The van der Waals surface area contributed by atoms with Crippen LogP contribution in [0.5, 0.6) is 5.75 Å². The van der Waals surface area contributed by atoms with Crippen LogP contribution in [0.3, 0.4) is 0 Å². The molecule has 1 atom stereocenters. The molecule has 134 valence electrons. The number of hydrogen-bond donors (Lipinski definition) is 4. The zero-order chi connectivity index (χ0) is 18.1. The van der Waals surface area contributed by atoms with E-state index >= 15 is 0 Å². The fourth-order valence-electron chi connectivity index (χ4n) is 2.50. The maximum absolute atomic E-state index is 10.5. The van der Waals surface area contributed by atoms with Gasteiger partial charge in [0.25, 0.3) is 0 Å². The van der Waals surface area contributed by atoms with E-state index in [1.54, 1.807) is 19.2 Å². The molecule has 25 heavy (non-hydrogen) atoms. The van der Waals surface area contributed by atoms with Crippen molar-refractivity contribution >= 4 is 12.1 Å². The topological polar surface area (TPSA) is 90.8 Å². The smallest absolute Gasteiger partial charge is 0.211 e. The van der Waals surface area contributed by atoms with Gasteiger partial charge in [-0.15, -0.1) is 0 Å². The SMILES string of the molecule is COCc1ccc(CCNCC(O)c2ccc(O)c(NC=O)c2)cc1. The van der Waals surface area contributed by atoms with Gasteiger partial charge in [0.2, 0.25) is 6.41 Å². The summed E-state index contributed by atoms with van der Waals surface area (Å²) >= 11 is 0. The Morgan fingerprint density at radius 2 is 1.88 bits per heavy atom. The predicted molar refractivity (Wildman–Crippen MR) is 96.5 cm³/mol. The van der Waals surface area contributed by atoms with Crippen LogP contribution < -0.4 is 10.6 Å². The molecule has 0 saturated carbocycles. The first-order valence-electron chi connectivity index (χ1n) is 8.12. The van der Waals surface area contributed by atoms with Gasteiger partial charge in [0.05, 0.1) is 18.4 Å². The van der Waals surface area contributed by atoms with Crippen LogP contribution in [0.25, 0.3) is 0 Å². The number of aliphatic hydroxyl groups excluding tert-OH is 1. The number of carbonyl (C=O) groups excluding carboxylic acids is 1. The number of methoxy groups -OCH3 is 1. The maximum atomic E-state index is 10.5. The van der Waals surface area contributed by atoms with E-state index in [0.29, 0.717) is 25.1 Å². The maximum Gasteiger partial charge on any atom is 0.211 e. The van der Waals surface area contributed by atoms with E-state index in [4.69, 9.17) is 4.74 Å². The number of anilines is 1. The summed E-state index contributed by atoms with van der Waals surface area (Å²) in [6.07, 6.45) is 0.617. The van der Waals surface area contributed by atoms with Crippen LogP contribution in [-0.4, -0.2) is 36.8 Å². The first-order valence-corrected chi connectivity index (χ1v) is 8.12. The van der Waals surface area contributed by atoms with Crippen molar-refractivity contribution in [1.82, 2.24) is 5.32 Å². The van der Waals surface area contributed by atoms with E-state index < -0.39 is 6.10 Å². The molecule has 0 saturated heterocycles. The molecule has 4 N–H and O–H groups in total. The molecule has 2 aromatic rings. The number of nitrogens with one attached hydrogen (secondary N) is 2. The summed E-state index contributed by atoms with van der Waals surface area (Å²) < 4.78 is 5.09.